The summed E-state index contributed by atoms with van der Waals surface area (Å²) < 4.78 is 31.7. The Labute approximate surface area is 194 Å². The first kappa shape index (κ1) is 21.3. The van der Waals surface area contributed by atoms with Crippen LogP contribution in [0.5, 0.6) is 17.2 Å². The summed E-state index contributed by atoms with van der Waals surface area (Å²) in [7, 11) is 1.83. The number of methoxy groups -OCH3 is 2. The molecule has 1 aliphatic carbocycles. The smallest absolute Gasteiger partial charge is 0.257 e. The Bertz CT molecular complexity index is 1280. The molecule has 1 amide bonds. The molecule has 2 aliphatic rings. The van der Waals surface area contributed by atoms with Crippen molar-refractivity contribution in [1.82, 2.24) is 4.72 Å². The lowest BCUT2D eigenvalue weighted by molar-refractivity contribution is -0.114. The number of rotatable bonds is 6. The summed E-state index contributed by atoms with van der Waals surface area (Å²) in [6.45, 7) is 0. The van der Waals surface area contributed by atoms with Crippen LogP contribution in [0.25, 0.3) is 16.0 Å². The zero-order chi connectivity index (χ0) is 22.9. The van der Waals surface area contributed by atoms with Gasteiger partial charge in [-0.2, -0.15) is 0 Å². The van der Waals surface area contributed by atoms with Gasteiger partial charge < -0.3 is 14.2 Å². The number of fused-ring (bicyclic) bond motifs is 1. The van der Waals surface area contributed by atoms with E-state index in [1.54, 1.807) is 14.2 Å². The van der Waals surface area contributed by atoms with Crippen molar-refractivity contribution < 1.29 is 23.2 Å². The fourth-order valence-electron chi connectivity index (χ4n) is 4.42. The van der Waals surface area contributed by atoms with Gasteiger partial charge in [-0.1, -0.05) is 30.3 Å². The van der Waals surface area contributed by atoms with Crippen LogP contribution < -0.4 is 18.9 Å². The monoisotopic (exact) mass is 461 g/mol. The number of hydrogen-bond acceptors (Lipinski definition) is 5. The number of benzene rings is 3. The molecule has 1 aliphatic heterocycles. The van der Waals surface area contributed by atoms with Crippen LogP contribution in [0.15, 0.2) is 66.7 Å². The van der Waals surface area contributed by atoms with E-state index in [1.165, 1.54) is 11.6 Å². The first-order valence-electron chi connectivity index (χ1n) is 10.6. The highest BCUT2D eigenvalue weighted by Crippen LogP contribution is 2.43. The molecule has 6 nitrogen and oxygen atoms in total. The second-order valence-electron chi connectivity index (χ2n) is 7.85. The van der Waals surface area contributed by atoms with E-state index in [9.17, 15) is 9.00 Å². The van der Waals surface area contributed by atoms with Crippen molar-refractivity contribution in [1.29, 1.82) is 0 Å². The van der Waals surface area contributed by atoms with Gasteiger partial charge in [0.1, 0.15) is 23.4 Å². The molecule has 1 heterocycles. The zero-order valence-electron chi connectivity index (χ0n) is 18.3. The van der Waals surface area contributed by atoms with E-state index in [0.29, 0.717) is 4.91 Å². The summed E-state index contributed by atoms with van der Waals surface area (Å²) in [5.41, 5.74) is 5.27. The number of nitrogens with one attached hydrogen (secondary N) is 1. The van der Waals surface area contributed by atoms with E-state index in [0.717, 1.165) is 52.3 Å². The van der Waals surface area contributed by atoms with Crippen LogP contribution in [0.2, 0.25) is 0 Å². The van der Waals surface area contributed by atoms with Gasteiger partial charge in [-0.05, 0) is 65.4 Å². The van der Waals surface area contributed by atoms with E-state index < -0.39 is 11.0 Å². The van der Waals surface area contributed by atoms with Crippen molar-refractivity contribution >= 4 is 21.8 Å². The average molecular weight is 462 g/mol. The number of ether oxygens (including phenoxy) is 3. The molecule has 0 aromatic heterocycles. The molecule has 0 spiro atoms. The molecule has 1 N–H and O–H groups in total. The van der Waals surface area contributed by atoms with Gasteiger partial charge in [-0.3, -0.25) is 9.52 Å². The fourth-order valence-corrected chi connectivity index (χ4v) is 5.33. The molecular weight excluding hydrogens is 438 g/mol. The van der Waals surface area contributed by atoms with Gasteiger partial charge in [0.25, 0.3) is 5.91 Å². The summed E-state index contributed by atoms with van der Waals surface area (Å²) >= 11 is 0. The molecular formula is C26H23NO5S. The number of carbonyl (C=O) groups excluding carboxylic acids is 1. The van der Waals surface area contributed by atoms with E-state index in [1.807, 2.05) is 48.5 Å². The van der Waals surface area contributed by atoms with Crippen molar-refractivity contribution in [3.05, 3.63) is 83.4 Å². The molecule has 0 fully saturated rings. The minimum absolute atomic E-state index is 0.0644. The molecule has 0 bridgehead atoms. The maximum absolute atomic E-state index is 12.0. The lowest BCUT2D eigenvalue weighted by Crippen LogP contribution is -2.16. The second kappa shape index (κ2) is 8.75. The van der Waals surface area contributed by atoms with Crippen LogP contribution in [-0.4, -0.2) is 24.3 Å². The summed E-state index contributed by atoms with van der Waals surface area (Å²) in [4.78, 5) is 11.9. The van der Waals surface area contributed by atoms with Crippen molar-refractivity contribution in [3.8, 4) is 28.4 Å². The Morgan fingerprint density at radius 3 is 2.42 bits per heavy atom. The van der Waals surface area contributed by atoms with Gasteiger partial charge in [-0.15, -0.1) is 0 Å². The molecule has 0 saturated heterocycles. The Kier molecular flexibility index (Phi) is 5.64. The highest BCUT2D eigenvalue weighted by atomic mass is 32.2. The summed E-state index contributed by atoms with van der Waals surface area (Å²) in [6, 6.07) is 19.4. The number of amides is 1. The molecule has 3 aromatic rings. The first-order valence-corrected chi connectivity index (χ1v) is 11.8. The number of carbonyl (C=O) groups is 1. The van der Waals surface area contributed by atoms with Crippen molar-refractivity contribution in [2.75, 3.05) is 14.2 Å². The zero-order valence-corrected chi connectivity index (χ0v) is 19.1. The molecule has 7 heteroatoms. The Morgan fingerprint density at radius 2 is 1.73 bits per heavy atom. The van der Waals surface area contributed by atoms with E-state index in [-0.39, 0.29) is 12.0 Å². The summed E-state index contributed by atoms with van der Waals surface area (Å²) in [6.07, 6.45) is 3.07. The average Bonchev–Trinajstić information content (AvgIpc) is 3.41. The molecule has 0 saturated carbocycles. The molecule has 1 unspecified atom stereocenters. The van der Waals surface area contributed by atoms with Crippen LogP contribution in [0.4, 0.5) is 0 Å². The van der Waals surface area contributed by atoms with E-state index in [4.69, 9.17) is 14.2 Å². The second-order valence-corrected chi connectivity index (χ2v) is 9.03. The maximum atomic E-state index is 12.0. The third-order valence-electron chi connectivity index (χ3n) is 5.98. The van der Waals surface area contributed by atoms with Crippen LogP contribution in [-0.2, 0) is 22.2 Å². The molecule has 33 heavy (non-hydrogen) atoms. The summed E-state index contributed by atoms with van der Waals surface area (Å²) in [5, 5.41) is 0. The number of hydrogen-bond donors (Lipinski definition) is 1. The van der Waals surface area contributed by atoms with Crippen LogP contribution in [0, 0.1) is 0 Å². The van der Waals surface area contributed by atoms with Gasteiger partial charge in [0.15, 0.2) is 11.0 Å². The molecule has 168 valence electrons. The van der Waals surface area contributed by atoms with Gasteiger partial charge in [-0.25, -0.2) is 4.21 Å². The SMILES string of the molecule is COc1ccc(OC)c(-c2cccc3c2CC[C@H]3Oc2ccc(C3=CC(=O)NS3=O)cc2)c1. The molecule has 5 rings (SSSR count). The van der Waals surface area contributed by atoms with Gasteiger partial charge in [0.2, 0.25) is 0 Å². The Hall–Kier alpha value is -3.58. The first-order chi connectivity index (χ1) is 16.1. The summed E-state index contributed by atoms with van der Waals surface area (Å²) in [5.74, 6) is 1.97. The van der Waals surface area contributed by atoms with Crippen molar-refractivity contribution in [3.63, 3.8) is 0 Å². The van der Waals surface area contributed by atoms with Gasteiger partial charge in [0, 0.05) is 11.6 Å². The third-order valence-corrected chi connectivity index (χ3v) is 7.12. The Morgan fingerprint density at radius 1 is 0.939 bits per heavy atom. The molecule has 0 radical (unpaired) electrons. The van der Waals surface area contributed by atoms with E-state index in [2.05, 4.69) is 16.9 Å². The maximum Gasteiger partial charge on any atom is 0.257 e. The predicted octanol–water partition coefficient (Wildman–Crippen LogP) is 4.57. The van der Waals surface area contributed by atoms with Crippen molar-refractivity contribution in [2.24, 2.45) is 0 Å². The third kappa shape index (κ3) is 4.00. The molecule has 3 aromatic carbocycles. The normalized spacial score (nSPS) is 19.0. The van der Waals surface area contributed by atoms with Gasteiger partial charge >= 0.3 is 0 Å². The fraction of sp³-hybridized carbons (Fsp3) is 0.192. The van der Waals surface area contributed by atoms with Gasteiger partial charge in [0.05, 0.1) is 19.1 Å². The largest absolute Gasteiger partial charge is 0.497 e. The van der Waals surface area contributed by atoms with Crippen LogP contribution >= 0.6 is 0 Å². The lowest BCUT2D eigenvalue weighted by Gasteiger charge is -2.17. The minimum atomic E-state index is -1.51. The van der Waals surface area contributed by atoms with Crippen LogP contribution in [0.1, 0.15) is 29.2 Å². The highest BCUT2D eigenvalue weighted by Gasteiger charge is 2.28. The molecule has 2 atom stereocenters. The quantitative estimate of drug-likeness (QED) is 0.582. The predicted molar refractivity (Wildman–Crippen MR) is 127 cm³/mol. The van der Waals surface area contributed by atoms with Crippen molar-refractivity contribution in [2.45, 2.75) is 18.9 Å². The van der Waals surface area contributed by atoms with Crippen LogP contribution in [0.3, 0.4) is 0 Å². The Balaban J connectivity index is 1.41. The minimum Gasteiger partial charge on any atom is -0.497 e. The van der Waals surface area contributed by atoms with E-state index >= 15 is 0 Å². The standard InChI is InChI=1S/C26H23NO5S/c1-30-18-10-12-23(31-2)22(14-18)19-4-3-5-21-20(19)11-13-24(21)32-17-8-6-16(7-9-17)25-15-26(28)27-33(25)29/h3-10,12,14-15,24H,11,13H2,1-2H3,(H,27,28)/t24-,33?/m1/s1. The topological polar surface area (TPSA) is 73.9 Å². The lowest BCUT2D eigenvalue weighted by atomic mass is 9.95. The highest BCUT2D eigenvalue weighted by molar-refractivity contribution is 7.93.